The lowest BCUT2D eigenvalue weighted by atomic mass is 10.0. The van der Waals surface area contributed by atoms with E-state index in [1.54, 1.807) is 7.05 Å². The highest BCUT2D eigenvalue weighted by molar-refractivity contribution is 8.14. The SMILES string of the molecule is CN1C(=O)C2C(SCC(=O)N3CCCC3)=NC(C3CC3)=NC2=[N+](C)C1=O. The standard InChI is InChI=1S/C17H22N5O3S/c1-20-14-12(16(24)21(2)17(20)25)15(19-13(18-14)10-5-6-10)26-9-11(23)22-7-3-4-8-22/h10,12H,3-9H2,1-2H3/q+1. The second-order valence-electron chi connectivity index (χ2n) is 7.10. The van der Waals surface area contributed by atoms with E-state index in [1.807, 2.05) is 4.90 Å². The summed E-state index contributed by atoms with van der Waals surface area (Å²) in [7, 11) is 3.10. The number of fused-ring (bicyclic) bond motifs is 1. The highest BCUT2D eigenvalue weighted by Crippen LogP contribution is 2.35. The van der Waals surface area contributed by atoms with E-state index in [0.29, 0.717) is 22.6 Å². The summed E-state index contributed by atoms with van der Waals surface area (Å²) in [5.41, 5.74) is 0. The van der Waals surface area contributed by atoms with Gasteiger partial charge in [0.25, 0.3) is 5.84 Å². The molecule has 4 aliphatic rings. The maximum atomic E-state index is 12.7. The molecule has 138 valence electrons. The first-order valence-corrected chi connectivity index (χ1v) is 9.95. The average molecular weight is 376 g/mol. The third-order valence-corrected chi connectivity index (χ3v) is 6.21. The van der Waals surface area contributed by atoms with E-state index in [0.717, 1.165) is 43.7 Å². The molecule has 1 unspecified atom stereocenters. The van der Waals surface area contributed by atoms with E-state index < -0.39 is 5.92 Å². The first kappa shape index (κ1) is 17.4. The number of likely N-dealkylation sites (tertiary alicyclic amines) is 1. The molecule has 0 aromatic carbocycles. The Labute approximate surface area is 156 Å². The van der Waals surface area contributed by atoms with Gasteiger partial charge >= 0.3 is 11.9 Å². The molecule has 4 amide bonds. The van der Waals surface area contributed by atoms with E-state index >= 15 is 0 Å². The van der Waals surface area contributed by atoms with Crippen LogP contribution in [0.2, 0.25) is 0 Å². The Kier molecular flexibility index (Phi) is 4.42. The van der Waals surface area contributed by atoms with Crippen LogP contribution in [-0.2, 0) is 9.59 Å². The highest BCUT2D eigenvalue weighted by atomic mass is 32.2. The van der Waals surface area contributed by atoms with Crippen molar-refractivity contribution in [2.24, 2.45) is 21.8 Å². The Balaban J connectivity index is 1.61. The fourth-order valence-corrected chi connectivity index (χ4v) is 4.41. The molecular weight excluding hydrogens is 354 g/mol. The number of carbonyl (C=O) groups excluding carboxylic acids is 3. The zero-order valence-electron chi connectivity index (χ0n) is 15.0. The van der Waals surface area contributed by atoms with Gasteiger partial charge in [0.15, 0.2) is 5.92 Å². The first-order valence-electron chi connectivity index (χ1n) is 8.97. The Morgan fingerprint density at radius 2 is 1.92 bits per heavy atom. The van der Waals surface area contributed by atoms with Gasteiger partial charge in [0.1, 0.15) is 5.04 Å². The molecule has 0 spiro atoms. The molecule has 0 N–H and O–H groups in total. The summed E-state index contributed by atoms with van der Waals surface area (Å²) in [5, 5.41) is 0.584. The van der Waals surface area contributed by atoms with Crippen LogP contribution in [0.3, 0.4) is 0 Å². The van der Waals surface area contributed by atoms with Crippen LogP contribution in [0.25, 0.3) is 0 Å². The maximum Gasteiger partial charge on any atom is 0.445 e. The second-order valence-corrected chi connectivity index (χ2v) is 8.10. The fraction of sp³-hybridized carbons (Fsp3) is 0.647. The van der Waals surface area contributed by atoms with E-state index in [2.05, 4.69) is 9.98 Å². The van der Waals surface area contributed by atoms with Crippen molar-refractivity contribution < 1.29 is 19.0 Å². The number of hydrogen-bond acceptors (Lipinski definition) is 6. The van der Waals surface area contributed by atoms with Crippen LogP contribution in [0.4, 0.5) is 4.79 Å². The number of imide groups is 1. The number of hydrogen-bond donors (Lipinski definition) is 0. The molecule has 9 heteroatoms. The van der Waals surface area contributed by atoms with Crippen molar-refractivity contribution in [3.8, 4) is 0 Å². The van der Waals surface area contributed by atoms with Gasteiger partial charge in [0, 0.05) is 19.0 Å². The number of thioether (sulfide) groups is 1. The van der Waals surface area contributed by atoms with Crippen LogP contribution in [0.15, 0.2) is 9.98 Å². The summed E-state index contributed by atoms with van der Waals surface area (Å²) >= 11 is 1.31. The lowest BCUT2D eigenvalue weighted by Gasteiger charge is -2.26. The Bertz CT molecular complexity index is 777. The van der Waals surface area contributed by atoms with Crippen molar-refractivity contribution in [3.05, 3.63) is 0 Å². The molecule has 4 rings (SSSR count). The number of aliphatic imine (C=N–C) groups is 2. The molecule has 0 aromatic rings. The summed E-state index contributed by atoms with van der Waals surface area (Å²) in [6, 6.07) is -0.389. The molecule has 3 aliphatic heterocycles. The molecule has 0 bridgehead atoms. The second kappa shape index (κ2) is 6.61. The molecule has 2 fully saturated rings. The predicted molar refractivity (Wildman–Crippen MR) is 98.7 cm³/mol. The quantitative estimate of drug-likeness (QED) is 0.682. The van der Waals surface area contributed by atoms with Crippen LogP contribution in [-0.4, -0.2) is 81.9 Å². The molecule has 0 radical (unpaired) electrons. The highest BCUT2D eigenvalue weighted by Gasteiger charge is 2.50. The fourth-order valence-electron chi connectivity index (χ4n) is 3.42. The lowest BCUT2D eigenvalue weighted by molar-refractivity contribution is -0.407. The van der Waals surface area contributed by atoms with Gasteiger partial charge in [-0.2, -0.15) is 9.48 Å². The summed E-state index contributed by atoms with van der Waals surface area (Å²) in [6.45, 7) is 1.61. The summed E-state index contributed by atoms with van der Waals surface area (Å²) in [6.07, 6.45) is 4.14. The number of amides is 4. The van der Waals surface area contributed by atoms with E-state index in [1.165, 1.54) is 23.4 Å². The third-order valence-electron chi connectivity index (χ3n) is 5.20. The first-order chi connectivity index (χ1) is 12.5. The largest absolute Gasteiger partial charge is 0.445 e. The zero-order valence-corrected chi connectivity index (χ0v) is 15.8. The smallest absolute Gasteiger partial charge is 0.342 e. The topological polar surface area (TPSA) is 85.4 Å². The minimum Gasteiger partial charge on any atom is -0.342 e. The van der Waals surface area contributed by atoms with E-state index in [-0.39, 0.29) is 23.6 Å². The normalized spacial score (nSPS) is 26.2. The van der Waals surface area contributed by atoms with Crippen molar-refractivity contribution in [2.45, 2.75) is 25.7 Å². The van der Waals surface area contributed by atoms with Gasteiger partial charge in [0.05, 0.1) is 19.8 Å². The third kappa shape index (κ3) is 2.98. The average Bonchev–Trinajstić information content (AvgIpc) is 3.35. The van der Waals surface area contributed by atoms with Gasteiger partial charge in [0.2, 0.25) is 11.7 Å². The van der Waals surface area contributed by atoms with Crippen molar-refractivity contribution in [2.75, 3.05) is 32.9 Å². The van der Waals surface area contributed by atoms with Gasteiger partial charge in [-0.15, -0.1) is 0 Å². The van der Waals surface area contributed by atoms with E-state index in [4.69, 9.17) is 0 Å². The van der Waals surface area contributed by atoms with Gasteiger partial charge in [-0.05, 0) is 25.7 Å². The van der Waals surface area contributed by atoms with Crippen molar-refractivity contribution in [3.63, 3.8) is 0 Å². The minimum absolute atomic E-state index is 0.0771. The minimum atomic E-state index is -0.693. The number of rotatable bonds is 3. The molecule has 26 heavy (non-hydrogen) atoms. The number of nitrogens with zero attached hydrogens (tertiary/aromatic N) is 5. The Hall–Kier alpha value is -2.03. The maximum absolute atomic E-state index is 12.7. The Morgan fingerprint density at radius 1 is 1.23 bits per heavy atom. The summed E-state index contributed by atoms with van der Waals surface area (Å²) < 4.78 is 1.42. The number of amidine groups is 2. The number of urea groups is 1. The van der Waals surface area contributed by atoms with Crippen LogP contribution < -0.4 is 0 Å². The lowest BCUT2D eigenvalue weighted by Crippen LogP contribution is -2.54. The number of carbonyl (C=O) groups is 3. The predicted octanol–water partition coefficient (Wildman–Crippen LogP) is 0.812. The molecule has 1 atom stereocenters. The summed E-state index contributed by atoms with van der Waals surface area (Å²) in [4.78, 5) is 49.5. The molecule has 0 aromatic heterocycles. The molecule has 1 saturated carbocycles. The van der Waals surface area contributed by atoms with Crippen LogP contribution in [0.1, 0.15) is 25.7 Å². The van der Waals surface area contributed by atoms with Crippen LogP contribution in [0.5, 0.6) is 0 Å². The van der Waals surface area contributed by atoms with Gasteiger partial charge in [-0.25, -0.2) is 9.79 Å². The van der Waals surface area contributed by atoms with Crippen LogP contribution in [0, 0.1) is 11.8 Å². The van der Waals surface area contributed by atoms with Crippen molar-refractivity contribution in [1.29, 1.82) is 0 Å². The summed E-state index contributed by atoms with van der Waals surface area (Å²) in [5.74, 6) is 0.730. The zero-order chi connectivity index (χ0) is 18.4. The van der Waals surface area contributed by atoms with Crippen molar-refractivity contribution >= 4 is 46.3 Å². The molecule has 1 saturated heterocycles. The van der Waals surface area contributed by atoms with Gasteiger partial charge in [-0.3, -0.25) is 9.59 Å². The van der Waals surface area contributed by atoms with Gasteiger partial charge in [-0.1, -0.05) is 16.8 Å². The Morgan fingerprint density at radius 3 is 2.58 bits per heavy atom. The monoisotopic (exact) mass is 376 g/mol. The van der Waals surface area contributed by atoms with Crippen molar-refractivity contribution in [1.82, 2.24) is 9.80 Å². The van der Waals surface area contributed by atoms with E-state index in [9.17, 15) is 14.4 Å². The van der Waals surface area contributed by atoms with Gasteiger partial charge < -0.3 is 4.90 Å². The van der Waals surface area contributed by atoms with Crippen LogP contribution >= 0.6 is 11.8 Å². The molecule has 8 nitrogen and oxygen atoms in total. The molecular formula is C17H22N5O3S+. The molecule has 1 aliphatic carbocycles. The molecule has 3 heterocycles.